The number of methoxy groups -OCH3 is 1. The van der Waals surface area contributed by atoms with E-state index in [0.717, 1.165) is 5.82 Å². The number of rotatable bonds is 4. The lowest BCUT2D eigenvalue weighted by molar-refractivity contribution is 0.184. The summed E-state index contributed by atoms with van der Waals surface area (Å²) >= 11 is 8.53. The number of nitrogens with one attached hydrogen (secondary N) is 1. The van der Waals surface area contributed by atoms with Crippen LogP contribution < -0.4 is 11.1 Å². The SMILES string of the molecule is CNc1c(N)cnn1CCOC.ClOCl. The van der Waals surface area contributed by atoms with Gasteiger partial charge < -0.3 is 15.8 Å². The lowest BCUT2D eigenvalue weighted by Gasteiger charge is -2.05. The molecule has 1 aromatic rings. The highest BCUT2D eigenvalue weighted by Gasteiger charge is 2.04. The fourth-order valence-electron chi connectivity index (χ4n) is 1.02. The molecule has 15 heavy (non-hydrogen) atoms. The number of hydrogen-bond donors (Lipinski definition) is 2. The lowest BCUT2D eigenvalue weighted by Crippen LogP contribution is -2.09. The first-order valence-electron chi connectivity index (χ1n) is 4.08. The van der Waals surface area contributed by atoms with E-state index in [0.29, 0.717) is 18.8 Å². The molecule has 0 saturated heterocycles. The number of nitrogens with zero attached hydrogens (tertiary/aromatic N) is 2. The second kappa shape index (κ2) is 8.60. The van der Waals surface area contributed by atoms with Gasteiger partial charge in [0.1, 0.15) is 5.82 Å². The van der Waals surface area contributed by atoms with E-state index in [1.807, 2.05) is 7.05 Å². The molecule has 0 amide bonds. The van der Waals surface area contributed by atoms with E-state index in [-0.39, 0.29) is 0 Å². The Morgan fingerprint density at radius 3 is 2.67 bits per heavy atom. The molecule has 0 aromatic carbocycles. The van der Waals surface area contributed by atoms with Gasteiger partial charge in [-0.2, -0.15) is 8.94 Å². The van der Waals surface area contributed by atoms with Crippen molar-refractivity contribution in [2.24, 2.45) is 0 Å². The summed E-state index contributed by atoms with van der Waals surface area (Å²) in [6, 6.07) is 0. The summed E-state index contributed by atoms with van der Waals surface area (Å²) in [4.78, 5) is 0. The van der Waals surface area contributed by atoms with Crippen LogP contribution in [0, 0.1) is 0 Å². The highest BCUT2D eigenvalue weighted by atomic mass is 35.6. The molecule has 0 fully saturated rings. The maximum atomic E-state index is 5.64. The molecule has 6 nitrogen and oxygen atoms in total. The van der Waals surface area contributed by atoms with Gasteiger partial charge in [0, 0.05) is 14.2 Å². The van der Waals surface area contributed by atoms with Crippen molar-refractivity contribution >= 4 is 35.2 Å². The molecule has 0 spiro atoms. The monoisotopic (exact) mass is 256 g/mol. The number of hydrogen-bond acceptors (Lipinski definition) is 5. The van der Waals surface area contributed by atoms with E-state index < -0.39 is 0 Å². The highest BCUT2D eigenvalue weighted by Crippen LogP contribution is 2.15. The van der Waals surface area contributed by atoms with Gasteiger partial charge in [0.05, 0.1) is 48.8 Å². The Labute approximate surface area is 98.6 Å². The summed E-state index contributed by atoms with van der Waals surface area (Å²) in [5.74, 6) is 0.840. The number of nitrogens with two attached hydrogens (primary N) is 1. The Bertz CT molecular complexity index is 269. The van der Waals surface area contributed by atoms with Crippen LogP contribution in [0.15, 0.2) is 6.20 Å². The van der Waals surface area contributed by atoms with Gasteiger partial charge in [0.15, 0.2) is 0 Å². The lowest BCUT2D eigenvalue weighted by atomic mass is 10.5. The van der Waals surface area contributed by atoms with Crippen LogP contribution in [-0.4, -0.2) is 30.5 Å². The Kier molecular flexibility index (Phi) is 8.21. The van der Waals surface area contributed by atoms with Gasteiger partial charge in [-0.25, -0.2) is 4.68 Å². The molecular formula is C7H14Cl2N4O2. The molecule has 8 heteroatoms. The van der Waals surface area contributed by atoms with Crippen molar-refractivity contribution in [3.8, 4) is 0 Å². The topological polar surface area (TPSA) is 74.3 Å². The van der Waals surface area contributed by atoms with Crippen LogP contribution in [0.3, 0.4) is 0 Å². The van der Waals surface area contributed by atoms with Crippen molar-refractivity contribution in [3.63, 3.8) is 0 Å². The maximum Gasteiger partial charge on any atom is 0.147 e. The molecule has 1 heterocycles. The molecule has 0 radical (unpaired) electrons. The average molecular weight is 257 g/mol. The molecular weight excluding hydrogens is 243 g/mol. The summed E-state index contributed by atoms with van der Waals surface area (Å²) < 4.78 is 9.90. The molecule has 0 atom stereocenters. The van der Waals surface area contributed by atoms with E-state index in [9.17, 15) is 0 Å². The smallest absolute Gasteiger partial charge is 0.147 e. The summed E-state index contributed by atoms with van der Waals surface area (Å²) in [5.41, 5.74) is 6.30. The third-order valence-corrected chi connectivity index (χ3v) is 1.61. The van der Waals surface area contributed by atoms with Crippen molar-refractivity contribution in [3.05, 3.63) is 6.20 Å². The van der Waals surface area contributed by atoms with Crippen LogP contribution in [0.2, 0.25) is 0 Å². The summed E-state index contributed by atoms with van der Waals surface area (Å²) in [6.07, 6.45) is 1.63. The molecule has 0 aliphatic heterocycles. The number of anilines is 2. The molecule has 0 unspecified atom stereocenters. The van der Waals surface area contributed by atoms with Crippen LogP contribution in [0.25, 0.3) is 0 Å². The van der Waals surface area contributed by atoms with Crippen LogP contribution in [-0.2, 0) is 15.1 Å². The number of aromatic nitrogens is 2. The summed E-state index contributed by atoms with van der Waals surface area (Å²) in [7, 11) is 3.47. The van der Waals surface area contributed by atoms with Gasteiger partial charge in [-0.15, -0.1) is 0 Å². The van der Waals surface area contributed by atoms with E-state index in [1.165, 1.54) is 0 Å². The van der Waals surface area contributed by atoms with Gasteiger partial charge in [0.25, 0.3) is 0 Å². The minimum atomic E-state index is 0.635. The first-order chi connectivity index (χ1) is 7.21. The van der Waals surface area contributed by atoms with Gasteiger partial charge in [-0.1, -0.05) is 0 Å². The molecule has 0 aliphatic rings. The van der Waals surface area contributed by atoms with E-state index in [2.05, 4.69) is 38.0 Å². The largest absolute Gasteiger partial charge is 0.394 e. The Morgan fingerprint density at radius 1 is 1.60 bits per heavy atom. The zero-order valence-electron chi connectivity index (χ0n) is 8.54. The first-order valence-corrected chi connectivity index (χ1v) is 4.70. The second-order valence-electron chi connectivity index (χ2n) is 2.47. The fraction of sp³-hybridized carbons (Fsp3) is 0.571. The van der Waals surface area contributed by atoms with Gasteiger partial charge in [0.2, 0.25) is 0 Å². The molecule has 88 valence electrons. The molecule has 0 aliphatic carbocycles. The Hall–Kier alpha value is -0.690. The van der Waals surface area contributed by atoms with Gasteiger partial charge in [-0.3, -0.25) is 0 Å². The van der Waals surface area contributed by atoms with Crippen molar-refractivity contribution in [1.82, 2.24) is 9.78 Å². The highest BCUT2D eigenvalue weighted by molar-refractivity contribution is 6.24. The number of ether oxygens (including phenoxy) is 1. The van der Waals surface area contributed by atoms with Crippen LogP contribution in [0.1, 0.15) is 0 Å². The third kappa shape index (κ3) is 5.08. The zero-order chi connectivity index (χ0) is 11.7. The number of nitrogen functional groups attached to an aromatic ring is 1. The van der Waals surface area contributed by atoms with Gasteiger partial charge in [-0.05, 0) is 0 Å². The van der Waals surface area contributed by atoms with Crippen LogP contribution in [0.4, 0.5) is 11.5 Å². The molecule has 1 aromatic heterocycles. The normalized spacial score (nSPS) is 9.33. The fourth-order valence-corrected chi connectivity index (χ4v) is 1.02. The third-order valence-electron chi connectivity index (χ3n) is 1.61. The van der Waals surface area contributed by atoms with E-state index in [1.54, 1.807) is 18.0 Å². The Morgan fingerprint density at radius 2 is 2.20 bits per heavy atom. The quantitative estimate of drug-likeness (QED) is 0.854. The van der Waals surface area contributed by atoms with E-state index >= 15 is 0 Å². The van der Waals surface area contributed by atoms with Crippen molar-refractivity contribution in [1.29, 1.82) is 0 Å². The minimum Gasteiger partial charge on any atom is -0.394 e. The van der Waals surface area contributed by atoms with Crippen molar-refractivity contribution < 1.29 is 8.58 Å². The predicted molar refractivity (Wildman–Crippen MR) is 60.9 cm³/mol. The predicted octanol–water partition coefficient (Wildman–Crippen LogP) is 1.46. The standard InChI is InChI=1S/C7H14N4O.Cl2O/c1-9-7-6(8)5-10-11(7)3-4-12-2;1-3-2/h5,9H,3-4,8H2,1-2H3;. The molecule has 3 N–H and O–H groups in total. The molecule has 1 rings (SSSR count). The summed E-state index contributed by atoms with van der Waals surface area (Å²) in [6.45, 7) is 1.35. The number of halogens is 2. The second-order valence-corrected chi connectivity index (χ2v) is 2.94. The van der Waals surface area contributed by atoms with E-state index in [4.69, 9.17) is 10.5 Å². The van der Waals surface area contributed by atoms with Gasteiger partial charge >= 0.3 is 0 Å². The van der Waals surface area contributed by atoms with Crippen LogP contribution >= 0.6 is 23.7 Å². The molecule has 0 bridgehead atoms. The average Bonchev–Trinajstić information content (AvgIpc) is 2.57. The zero-order valence-corrected chi connectivity index (χ0v) is 10.0. The Balaban J connectivity index is 0.000000583. The minimum absolute atomic E-state index is 0.635. The molecule has 0 saturated carbocycles. The maximum absolute atomic E-state index is 5.64. The van der Waals surface area contributed by atoms with Crippen LogP contribution in [0.5, 0.6) is 0 Å². The first kappa shape index (κ1) is 14.3. The van der Waals surface area contributed by atoms with Crippen molar-refractivity contribution in [2.45, 2.75) is 6.54 Å². The summed E-state index contributed by atoms with van der Waals surface area (Å²) in [5, 5.41) is 7.05. The van der Waals surface area contributed by atoms with Crippen molar-refractivity contribution in [2.75, 3.05) is 31.8 Å².